The summed E-state index contributed by atoms with van der Waals surface area (Å²) in [4.78, 5) is 105. The Labute approximate surface area is 499 Å². The van der Waals surface area contributed by atoms with Gasteiger partial charge in [-0.15, -0.1) is 0 Å². The van der Waals surface area contributed by atoms with Crippen molar-refractivity contribution in [3.63, 3.8) is 0 Å². The van der Waals surface area contributed by atoms with Crippen molar-refractivity contribution in [1.29, 1.82) is 0 Å². The van der Waals surface area contributed by atoms with Gasteiger partial charge in [0.25, 0.3) is 11.7 Å². The number of nitrogens with zero attached hydrogens (tertiary/aromatic N) is 4. The van der Waals surface area contributed by atoms with Crippen molar-refractivity contribution in [2.75, 3.05) is 52.3 Å². The van der Waals surface area contributed by atoms with Gasteiger partial charge in [0.05, 0.1) is 64.8 Å². The predicted molar refractivity (Wildman–Crippen MR) is 316 cm³/mol. The Morgan fingerprint density at radius 1 is 0.860 bits per heavy atom. The van der Waals surface area contributed by atoms with E-state index < -0.39 is 111 Å². The molecule has 3 aromatic rings. The summed E-state index contributed by atoms with van der Waals surface area (Å²) in [6.45, 7) is 15.3. The molecule has 10 atom stereocenters. The molecule has 5 bridgehead atoms. The van der Waals surface area contributed by atoms with Crippen LogP contribution >= 0.6 is 0 Å². The molecule has 1 unspecified atom stereocenters. The summed E-state index contributed by atoms with van der Waals surface area (Å²) in [5, 5.41) is 38.0. The fourth-order valence-electron chi connectivity index (χ4n) is 14.2. The molecule has 1 aromatic heterocycles. The van der Waals surface area contributed by atoms with Crippen molar-refractivity contribution in [3.8, 4) is 17.2 Å². The van der Waals surface area contributed by atoms with Crippen LogP contribution in [-0.2, 0) is 23.8 Å². The van der Waals surface area contributed by atoms with E-state index in [1.165, 1.54) is 73.3 Å². The maximum Gasteiger partial charge on any atom is 0.312 e. The Bertz CT molecular complexity index is 3510. The van der Waals surface area contributed by atoms with Gasteiger partial charge >= 0.3 is 11.8 Å². The number of Topliss-reactive ketones (excluding diaryl/α,β-unsaturated/α-hetero) is 4. The molecule has 2 aromatic carbocycles. The number of hydrogen-bond donors (Lipinski definition) is 4. The maximum atomic E-state index is 16.6. The number of ether oxygens (including phenoxy) is 5. The summed E-state index contributed by atoms with van der Waals surface area (Å²) in [7, 11) is 5.00. The number of benzene rings is 2. The number of rotatable bonds is 10. The first-order valence-electron chi connectivity index (χ1n) is 29.9. The molecule has 4 fully saturated rings. The molecule has 2 saturated heterocycles. The SMILES string of the molecule is COc1c(N2CCC(C3(N(C)C4CCN(C5=C6NC(=O)/C(C)=C\C=C\[C@H](C)[C@H](O)[C@@H](C)[C@@H](O)[C@@H](C)[C@H](OC(C)=O)[C@H](C)[C@@H](OC)/C=C/O[C@@]7(C)Oc8c(C)c(O)c(c(c8C7=O)C5=O)C6=O)CC4)CC3)C2)c(F)cc2c(=O)c(C(C)=O)cn(C3CC3)c12. The van der Waals surface area contributed by atoms with Crippen LogP contribution in [0, 0.1) is 42.3 Å². The summed E-state index contributed by atoms with van der Waals surface area (Å²) < 4.78 is 48.4. The molecular formula is C65H80FN5O15. The molecule has 5 aliphatic heterocycles. The highest BCUT2D eigenvalue weighted by molar-refractivity contribution is 6.32. The number of halogens is 1. The van der Waals surface area contributed by atoms with Crippen LogP contribution in [0.4, 0.5) is 10.1 Å². The monoisotopic (exact) mass is 1190 g/mol. The number of phenolic OH excluding ortho intramolecular Hbond substituents is 1. The number of allylic oxidation sites excluding steroid dienone is 4. The number of aliphatic hydroxyl groups is 2. The largest absolute Gasteiger partial charge is 0.507 e. The number of carbonyl (C=O) groups is 6. The summed E-state index contributed by atoms with van der Waals surface area (Å²) in [5.74, 6) is -10.1. The number of ketones is 4. The fraction of sp³-hybridized carbons (Fsp3) is 0.554. The van der Waals surface area contributed by atoms with Crippen molar-refractivity contribution in [1.82, 2.24) is 19.7 Å². The van der Waals surface area contributed by atoms with Gasteiger partial charge in [0.2, 0.25) is 11.6 Å². The first-order valence-corrected chi connectivity index (χ1v) is 29.9. The Kier molecular flexibility index (Phi) is 16.9. The highest BCUT2D eigenvalue weighted by Crippen LogP contribution is 2.55. The third-order valence-corrected chi connectivity index (χ3v) is 19.7. The molecule has 4 N–H and O–H groups in total. The van der Waals surface area contributed by atoms with Crippen molar-refractivity contribution >= 4 is 51.6 Å². The van der Waals surface area contributed by atoms with E-state index in [1.54, 1.807) is 50.9 Å². The van der Waals surface area contributed by atoms with Gasteiger partial charge in [-0.3, -0.25) is 38.5 Å². The number of nitrogens with one attached hydrogen (secondary N) is 1. The van der Waals surface area contributed by atoms with E-state index in [-0.39, 0.29) is 98.6 Å². The van der Waals surface area contributed by atoms with E-state index in [2.05, 4.69) is 17.3 Å². The summed E-state index contributed by atoms with van der Waals surface area (Å²) >= 11 is 0. The minimum Gasteiger partial charge on any atom is -0.507 e. The van der Waals surface area contributed by atoms with Crippen LogP contribution in [0.15, 0.2) is 64.6 Å². The molecular weight excluding hydrogens is 1110 g/mol. The number of aromatic hydroxyl groups is 1. The molecule has 2 saturated carbocycles. The summed E-state index contributed by atoms with van der Waals surface area (Å²) in [5.41, 5.74) is -1.60. The van der Waals surface area contributed by atoms with Crippen molar-refractivity contribution < 1.29 is 72.2 Å². The number of aromatic nitrogens is 1. The van der Waals surface area contributed by atoms with Crippen LogP contribution in [0.2, 0.25) is 0 Å². The van der Waals surface area contributed by atoms with Gasteiger partial charge in [-0.1, -0.05) is 45.9 Å². The molecule has 0 spiro atoms. The number of phenols is 1. The van der Waals surface area contributed by atoms with Gasteiger partial charge in [-0.2, -0.15) is 0 Å². The van der Waals surface area contributed by atoms with Gasteiger partial charge in [0, 0.05) is 106 Å². The smallest absolute Gasteiger partial charge is 0.312 e. The normalized spacial score (nSPS) is 30.5. The first kappa shape index (κ1) is 61.9. The molecule has 3 aliphatic carbocycles. The molecule has 21 heteroatoms. The van der Waals surface area contributed by atoms with Gasteiger partial charge in [-0.05, 0) is 90.8 Å². The Hall–Kier alpha value is -7.20. The maximum absolute atomic E-state index is 16.6. The average molecular weight is 1190 g/mol. The molecule has 11 rings (SSSR count). The second-order valence-electron chi connectivity index (χ2n) is 25.1. The van der Waals surface area contributed by atoms with E-state index in [0.29, 0.717) is 31.4 Å². The molecule has 462 valence electrons. The molecule has 1 amide bonds. The van der Waals surface area contributed by atoms with E-state index in [9.17, 15) is 39.3 Å². The summed E-state index contributed by atoms with van der Waals surface area (Å²) in [6.07, 6.45) is 10.2. The topological polar surface area (TPSA) is 253 Å². The van der Waals surface area contributed by atoms with E-state index >= 15 is 14.0 Å². The molecule has 6 heterocycles. The number of anilines is 1. The van der Waals surface area contributed by atoms with E-state index in [1.807, 2.05) is 9.47 Å². The minimum atomic E-state index is -2.14. The third kappa shape index (κ3) is 10.6. The number of piperidine rings is 1. The third-order valence-electron chi connectivity index (χ3n) is 19.7. The number of likely N-dealkylation sites (tertiary alicyclic amines) is 1. The highest BCUT2D eigenvalue weighted by atomic mass is 19.1. The zero-order valence-electron chi connectivity index (χ0n) is 51.1. The average Bonchev–Trinajstić information content (AvgIpc) is 1.37. The van der Waals surface area contributed by atoms with Gasteiger partial charge in [0.15, 0.2) is 22.8 Å². The van der Waals surface area contributed by atoms with E-state index in [0.717, 1.165) is 32.1 Å². The van der Waals surface area contributed by atoms with E-state index in [4.69, 9.17) is 23.7 Å². The lowest BCUT2D eigenvalue weighted by Crippen LogP contribution is -2.52. The lowest BCUT2D eigenvalue weighted by molar-refractivity contribution is -0.160. The first-order chi connectivity index (χ1) is 40.7. The lowest BCUT2D eigenvalue weighted by Gasteiger charge is -2.44. The molecule has 20 nitrogen and oxygen atoms in total. The number of methoxy groups -OCH3 is 2. The van der Waals surface area contributed by atoms with Crippen LogP contribution < -0.4 is 25.1 Å². The standard InChI is InChI=1S/C65H80FN5O15/c1-31-14-13-15-32(2)63(81)67-49-52(58(79)46-47(57(49)78)55(76)36(6)60-48(46)62(80)64(9,86-60)84-27-21-45(82-11)33(3)59(85-38(8)73)35(5)54(75)34(4)53(31)74)69-25-19-40(20-26-69)68(10)65(22-23-65)39-18-24-70(29-39)51-44(66)28-42-50(61(51)83-12)71(41-16-17-41)30-43(37(7)72)56(42)77/h13-15,21,27-28,30-31,33-35,39-41,45,53-54,59,74-76H,16-20,22-26,29H2,1-12H3,(H,67,81)/b14-13+,27-21+,32-15-/t31-,33+,34+,35+,39?,45-,53-,54+,59+,64-/m0/s1. The highest BCUT2D eigenvalue weighted by Gasteiger charge is 2.57. The zero-order chi connectivity index (χ0) is 62.3. The van der Waals surface area contributed by atoms with Gasteiger partial charge in [0.1, 0.15) is 34.7 Å². The molecule has 0 radical (unpaired) electrons. The van der Waals surface area contributed by atoms with Crippen LogP contribution in [-0.4, -0.2) is 154 Å². The zero-order valence-corrected chi connectivity index (χ0v) is 51.1. The number of pyridine rings is 1. The minimum absolute atomic E-state index is 0.00915. The number of hydrogen-bond acceptors (Lipinski definition) is 18. The van der Waals surface area contributed by atoms with Gasteiger partial charge < -0.3 is 58.7 Å². The van der Waals surface area contributed by atoms with Crippen LogP contribution in [0.25, 0.3) is 10.9 Å². The molecule has 8 aliphatic rings. The van der Waals surface area contributed by atoms with Crippen molar-refractivity contribution in [2.45, 2.75) is 155 Å². The fourth-order valence-corrected chi connectivity index (χ4v) is 14.2. The lowest BCUT2D eigenvalue weighted by atomic mass is 9.78. The number of amides is 1. The Balaban J connectivity index is 0.953. The number of fused-ring (bicyclic) bond motifs is 15. The predicted octanol–water partition coefficient (Wildman–Crippen LogP) is 7.41. The van der Waals surface area contributed by atoms with Crippen LogP contribution in [0.1, 0.15) is 153 Å². The van der Waals surface area contributed by atoms with Crippen molar-refractivity contribution in [2.24, 2.45) is 29.6 Å². The summed E-state index contributed by atoms with van der Waals surface area (Å²) in [6, 6.07) is 1.29. The van der Waals surface area contributed by atoms with Crippen LogP contribution in [0.3, 0.4) is 0 Å². The second kappa shape index (κ2) is 23.5. The second-order valence-corrected chi connectivity index (χ2v) is 25.1. The number of esters is 1. The van der Waals surface area contributed by atoms with Crippen LogP contribution in [0.5, 0.6) is 17.2 Å². The Morgan fingerprint density at radius 2 is 1.53 bits per heavy atom. The van der Waals surface area contributed by atoms with Gasteiger partial charge in [-0.25, -0.2) is 4.39 Å². The number of aliphatic hydroxyl groups excluding tert-OH is 2. The molecule has 86 heavy (non-hydrogen) atoms. The number of carbonyl (C=O) groups excluding carboxylic acids is 6. The van der Waals surface area contributed by atoms with Crippen molar-refractivity contribution in [3.05, 3.63) is 104 Å². The quantitative estimate of drug-likeness (QED) is 0.114. The Morgan fingerprint density at radius 3 is 2.15 bits per heavy atom.